The van der Waals surface area contributed by atoms with E-state index in [0.717, 1.165) is 11.6 Å². The van der Waals surface area contributed by atoms with Crippen LogP contribution in [0, 0.1) is 5.82 Å². The molecule has 14 heavy (non-hydrogen) atoms. The maximum Gasteiger partial charge on any atom is 0.127 e. The molecule has 1 aromatic carbocycles. The number of benzene rings is 1. The minimum Gasteiger partial charge on any atom is -0.508 e. The first-order chi connectivity index (χ1) is 6.65. The van der Waals surface area contributed by atoms with Crippen LogP contribution in [-0.2, 0) is 0 Å². The fraction of sp³-hybridized carbons (Fsp3) is 0.273. The molecule has 2 N–H and O–H groups in total. The van der Waals surface area contributed by atoms with Gasteiger partial charge < -0.3 is 10.2 Å². The quantitative estimate of drug-likeness (QED) is 0.778. The molecule has 3 heteroatoms. The van der Waals surface area contributed by atoms with Crippen LogP contribution in [0.15, 0.2) is 23.8 Å². The largest absolute Gasteiger partial charge is 0.508 e. The fourth-order valence-electron chi connectivity index (χ4n) is 1.17. The summed E-state index contributed by atoms with van der Waals surface area (Å²) in [6.45, 7) is 1.86. The summed E-state index contributed by atoms with van der Waals surface area (Å²) in [5.74, 6) is -0.589. The number of aliphatic hydroxyl groups is 1. The van der Waals surface area contributed by atoms with E-state index in [2.05, 4.69) is 0 Å². The number of phenolic OH excluding ortho intramolecular Hbond substituents is 1. The van der Waals surface area contributed by atoms with Gasteiger partial charge in [0, 0.05) is 6.07 Å². The first kappa shape index (κ1) is 10.7. The van der Waals surface area contributed by atoms with E-state index in [1.165, 1.54) is 12.1 Å². The van der Waals surface area contributed by atoms with Crippen LogP contribution < -0.4 is 0 Å². The molecule has 0 unspecified atom stereocenters. The number of aromatic hydroxyl groups is 1. The van der Waals surface area contributed by atoms with Crippen LogP contribution in [0.25, 0.3) is 6.08 Å². The van der Waals surface area contributed by atoms with E-state index in [1.54, 1.807) is 6.08 Å². The maximum atomic E-state index is 12.8. The number of rotatable bonds is 3. The molecular formula is C11H13FO2. The van der Waals surface area contributed by atoms with Crippen LogP contribution in [0.4, 0.5) is 4.39 Å². The molecule has 0 aromatic heterocycles. The molecule has 0 heterocycles. The summed E-state index contributed by atoms with van der Waals surface area (Å²) in [6.07, 6.45) is 2.37. The molecule has 0 saturated carbocycles. The second-order valence-electron chi connectivity index (χ2n) is 3.06. The molecule has 0 spiro atoms. The second kappa shape index (κ2) is 4.77. The zero-order chi connectivity index (χ0) is 10.6. The summed E-state index contributed by atoms with van der Waals surface area (Å²) in [5, 5.41) is 18.0. The summed E-state index contributed by atoms with van der Waals surface area (Å²) in [5.41, 5.74) is 1.36. The van der Waals surface area contributed by atoms with Crippen molar-refractivity contribution in [2.45, 2.75) is 13.3 Å². The van der Waals surface area contributed by atoms with Gasteiger partial charge in [-0.15, -0.1) is 0 Å². The predicted octanol–water partition coefficient (Wildman–Crippen LogP) is 2.32. The molecule has 1 aromatic rings. The first-order valence-corrected chi connectivity index (χ1v) is 4.45. The topological polar surface area (TPSA) is 40.5 Å². The number of halogens is 1. The van der Waals surface area contributed by atoms with Crippen molar-refractivity contribution in [1.29, 1.82) is 0 Å². The van der Waals surface area contributed by atoms with Gasteiger partial charge in [0.05, 0.1) is 6.61 Å². The number of hydrogen-bond acceptors (Lipinski definition) is 2. The molecule has 0 aliphatic heterocycles. The van der Waals surface area contributed by atoms with Crippen molar-refractivity contribution < 1.29 is 14.6 Å². The van der Waals surface area contributed by atoms with Gasteiger partial charge in [0.2, 0.25) is 0 Å². The summed E-state index contributed by atoms with van der Waals surface area (Å²) in [4.78, 5) is 0. The van der Waals surface area contributed by atoms with Gasteiger partial charge >= 0.3 is 0 Å². The minimum absolute atomic E-state index is 0.0478. The van der Waals surface area contributed by atoms with Gasteiger partial charge in [-0.3, -0.25) is 0 Å². The Morgan fingerprint density at radius 3 is 2.64 bits per heavy atom. The molecule has 0 aliphatic carbocycles. The molecule has 0 amide bonds. The van der Waals surface area contributed by atoms with Crippen molar-refractivity contribution in [2.75, 3.05) is 6.61 Å². The molecule has 0 atom stereocenters. The molecule has 0 fully saturated rings. The van der Waals surface area contributed by atoms with Crippen molar-refractivity contribution in [1.82, 2.24) is 0 Å². The van der Waals surface area contributed by atoms with Gasteiger partial charge in [-0.2, -0.15) is 0 Å². The van der Waals surface area contributed by atoms with Crippen molar-refractivity contribution in [2.24, 2.45) is 0 Å². The lowest BCUT2D eigenvalue weighted by Gasteiger charge is -2.01. The predicted molar refractivity (Wildman–Crippen MR) is 53.4 cm³/mol. The third-order valence-electron chi connectivity index (χ3n) is 1.93. The highest BCUT2D eigenvalue weighted by molar-refractivity contribution is 5.55. The average molecular weight is 196 g/mol. The summed E-state index contributed by atoms with van der Waals surface area (Å²) >= 11 is 0. The summed E-state index contributed by atoms with van der Waals surface area (Å²) < 4.78 is 12.8. The highest BCUT2D eigenvalue weighted by Gasteiger charge is 1.98. The van der Waals surface area contributed by atoms with Gasteiger partial charge in [0.25, 0.3) is 0 Å². The monoisotopic (exact) mass is 196 g/mol. The normalized spacial score (nSPS) is 11.8. The molecule has 0 bridgehead atoms. The van der Waals surface area contributed by atoms with Crippen LogP contribution in [0.1, 0.15) is 18.9 Å². The van der Waals surface area contributed by atoms with Crippen molar-refractivity contribution in [3.63, 3.8) is 0 Å². The van der Waals surface area contributed by atoms with Gasteiger partial charge in [-0.1, -0.05) is 13.0 Å². The number of hydrogen-bond donors (Lipinski definition) is 2. The van der Waals surface area contributed by atoms with Crippen LogP contribution in [-0.4, -0.2) is 16.8 Å². The lowest BCUT2D eigenvalue weighted by atomic mass is 10.1. The zero-order valence-electron chi connectivity index (χ0n) is 8.00. The minimum atomic E-state index is -0.482. The van der Waals surface area contributed by atoms with E-state index < -0.39 is 5.82 Å². The molecule has 0 aliphatic rings. The molecular weight excluding hydrogens is 183 g/mol. The van der Waals surface area contributed by atoms with E-state index >= 15 is 0 Å². The van der Waals surface area contributed by atoms with Crippen molar-refractivity contribution in [3.05, 3.63) is 35.2 Å². The van der Waals surface area contributed by atoms with E-state index in [9.17, 15) is 4.39 Å². The fourth-order valence-corrected chi connectivity index (χ4v) is 1.17. The third kappa shape index (κ3) is 2.85. The third-order valence-corrected chi connectivity index (χ3v) is 1.93. The molecule has 0 saturated heterocycles. The highest BCUT2D eigenvalue weighted by Crippen LogP contribution is 2.17. The van der Waals surface area contributed by atoms with E-state index in [4.69, 9.17) is 10.2 Å². The Morgan fingerprint density at radius 1 is 1.43 bits per heavy atom. The summed E-state index contributed by atoms with van der Waals surface area (Å²) in [6, 6.07) is 3.81. The lowest BCUT2D eigenvalue weighted by molar-refractivity contribution is 0.329. The van der Waals surface area contributed by atoms with Crippen LogP contribution in [0.2, 0.25) is 0 Å². The Balaban J connectivity index is 3.01. The average Bonchev–Trinajstić information content (AvgIpc) is 2.12. The Hall–Kier alpha value is -1.35. The van der Waals surface area contributed by atoms with E-state index in [0.29, 0.717) is 12.0 Å². The molecule has 0 radical (unpaired) electrons. The first-order valence-electron chi connectivity index (χ1n) is 4.45. The van der Waals surface area contributed by atoms with Gasteiger partial charge in [0.1, 0.15) is 11.6 Å². The van der Waals surface area contributed by atoms with E-state index in [-0.39, 0.29) is 12.4 Å². The standard InChI is InChI=1S/C11H13FO2/c1-2-8(7-13)3-9-4-10(12)6-11(14)5-9/h3-6,13-14H,2,7H2,1H3/b8-3-. The number of aliphatic hydroxyl groups excluding tert-OH is 1. The van der Waals surface area contributed by atoms with Crippen LogP contribution >= 0.6 is 0 Å². The zero-order valence-corrected chi connectivity index (χ0v) is 8.00. The molecule has 1 rings (SSSR count). The van der Waals surface area contributed by atoms with Gasteiger partial charge in [-0.25, -0.2) is 4.39 Å². The second-order valence-corrected chi connectivity index (χ2v) is 3.06. The van der Waals surface area contributed by atoms with Crippen LogP contribution in [0.5, 0.6) is 5.75 Å². The highest BCUT2D eigenvalue weighted by atomic mass is 19.1. The summed E-state index contributed by atoms with van der Waals surface area (Å²) in [7, 11) is 0. The molecule has 2 nitrogen and oxygen atoms in total. The maximum absolute atomic E-state index is 12.8. The van der Waals surface area contributed by atoms with Crippen molar-refractivity contribution in [3.8, 4) is 5.75 Å². The van der Waals surface area contributed by atoms with Crippen molar-refractivity contribution >= 4 is 6.08 Å². The Kier molecular flexibility index (Phi) is 3.65. The van der Waals surface area contributed by atoms with Gasteiger partial charge in [0.15, 0.2) is 0 Å². The Morgan fingerprint density at radius 2 is 2.14 bits per heavy atom. The smallest absolute Gasteiger partial charge is 0.127 e. The SMILES string of the molecule is CC/C(=C/c1cc(O)cc(F)c1)CO. The Bertz CT molecular complexity index is 319. The Labute approximate surface area is 82.3 Å². The molecule has 76 valence electrons. The van der Waals surface area contributed by atoms with E-state index in [1.807, 2.05) is 6.92 Å². The van der Waals surface area contributed by atoms with Crippen LogP contribution in [0.3, 0.4) is 0 Å². The lowest BCUT2D eigenvalue weighted by Crippen LogP contribution is -1.88. The van der Waals surface area contributed by atoms with Gasteiger partial charge in [-0.05, 0) is 29.7 Å². The number of phenols is 1.